The molecule has 0 aromatic carbocycles. The van der Waals surface area contributed by atoms with E-state index in [1.165, 1.54) is 6.42 Å². The van der Waals surface area contributed by atoms with E-state index in [1.807, 2.05) is 6.92 Å². The molecule has 1 aliphatic rings. The molecule has 2 unspecified atom stereocenters. The normalized spacial score (nSPS) is 28.3. The first-order valence-corrected chi connectivity index (χ1v) is 3.74. The number of carbonyl (C=O) groups excluding carboxylic acids is 1. The van der Waals surface area contributed by atoms with Crippen molar-refractivity contribution in [2.45, 2.75) is 25.8 Å². The first-order valence-electron chi connectivity index (χ1n) is 3.74. The predicted octanol–water partition coefficient (Wildman–Crippen LogP) is -0.140. The number of hydrogen-bond donors (Lipinski definition) is 2. The molecule has 3 nitrogen and oxygen atoms in total. The molecule has 1 heterocycles. The fraction of sp³-hybridized carbons (Fsp3) is 0.857. The molecule has 0 radical (unpaired) electrons. The predicted molar refractivity (Wildman–Crippen MR) is 39.4 cm³/mol. The van der Waals surface area contributed by atoms with Crippen molar-refractivity contribution in [3.63, 3.8) is 0 Å². The van der Waals surface area contributed by atoms with Crippen molar-refractivity contribution in [3.8, 4) is 0 Å². The van der Waals surface area contributed by atoms with Crippen LogP contribution in [0.5, 0.6) is 0 Å². The molecule has 1 fully saturated rings. The molecule has 0 aliphatic carbocycles. The van der Waals surface area contributed by atoms with Crippen LogP contribution in [0, 0.1) is 5.92 Å². The Kier molecular flexibility index (Phi) is 2.27. The quantitative estimate of drug-likeness (QED) is 0.564. The Hall–Kier alpha value is -0.570. The van der Waals surface area contributed by atoms with Crippen LogP contribution in [0.4, 0.5) is 0 Å². The third-order valence-electron chi connectivity index (χ3n) is 2.15. The van der Waals surface area contributed by atoms with Gasteiger partial charge in [-0.2, -0.15) is 0 Å². The van der Waals surface area contributed by atoms with E-state index in [1.54, 1.807) is 0 Å². The van der Waals surface area contributed by atoms with E-state index in [-0.39, 0.29) is 11.8 Å². The van der Waals surface area contributed by atoms with E-state index >= 15 is 0 Å². The highest BCUT2D eigenvalue weighted by Gasteiger charge is 2.24. The minimum atomic E-state index is -0.195. The standard InChI is InChI=1S/C7H14N2O/c1-5(7(8)10)6-3-2-4-9-6/h5-6,9H,2-4H2,1H3,(H2,8,10). The number of primary amides is 1. The van der Waals surface area contributed by atoms with Gasteiger partial charge >= 0.3 is 0 Å². The van der Waals surface area contributed by atoms with Gasteiger partial charge in [0.2, 0.25) is 5.91 Å². The number of hydrogen-bond acceptors (Lipinski definition) is 2. The first-order chi connectivity index (χ1) is 4.72. The summed E-state index contributed by atoms with van der Waals surface area (Å²) in [5.74, 6) is -0.207. The Labute approximate surface area is 61.0 Å². The van der Waals surface area contributed by atoms with Crippen molar-refractivity contribution < 1.29 is 4.79 Å². The Bertz CT molecular complexity index is 130. The largest absolute Gasteiger partial charge is 0.369 e. The molecule has 0 spiro atoms. The minimum absolute atomic E-state index is 0.0116. The molecule has 1 rings (SSSR count). The SMILES string of the molecule is CC(C(N)=O)C1CCCN1. The van der Waals surface area contributed by atoms with Crippen LogP contribution in [0.2, 0.25) is 0 Å². The number of rotatable bonds is 2. The summed E-state index contributed by atoms with van der Waals surface area (Å²) in [6.07, 6.45) is 2.26. The maximum atomic E-state index is 10.7. The third kappa shape index (κ3) is 1.48. The molecule has 3 N–H and O–H groups in total. The molecule has 1 saturated heterocycles. The van der Waals surface area contributed by atoms with Crippen LogP contribution in [0.25, 0.3) is 0 Å². The Morgan fingerprint density at radius 3 is 2.90 bits per heavy atom. The van der Waals surface area contributed by atoms with Gasteiger partial charge in [0.05, 0.1) is 5.92 Å². The van der Waals surface area contributed by atoms with E-state index in [9.17, 15) is 4.79 Å². The van der Waals surface area contributed by atoms with Gasteiger partial charge in [-0.15, -0.1) is 0 Å². The zero-order valence-corrected chi connectivity index (χ0v) is 6.26. The topological polar surface area (TPSA) is 55.1 Å². The van der Waals surface area contributed by atoms with Gasteiger partial charge in [-0.25, -0.2) is 0 Å². The van der Waals surface area contributed by atoms with E-state index in [4.69, 9.17) is 5.73 Å². The molecule has 2 atom stereocenters. The molecular weight excluding hydrogens is 128 g/mol. The lowest BCUT2D eigenvalue weighted by atomic mass is 10.0. The second-order valence-electron chi connectivity index (χ2n) is 2.89. The van der Waals surface area contributed by atoms with Crippen LogP contribution < -0.4 is 11.1 Å². The van der Waals surface area contributed by atoms with Gasteiger partial charge < -0.3 is 11.1 Å². The Morgan fingerprint density at radius 1 is 1.80 bits per heavy atom. The summed E-state index contributed by atoms with van der Waals surface area (Å²) in [7, 11) is 0. The second-order valence-corrected chi connectivity index (χ2v) is 2.89. The summed E-state index contributed by atoms with van der Waals surface area (Å²) in [5, 5.41) is 3.24. The summed E-state index contributed by atoms with van der Waals surface area (Å²) in [5.41, 5.74) is 5.14. The lowest BCUT2D eigenvalue weighted by Crippen LogP contribution is -2.37. The second kappa shape index (κ2) is 3.01. The molecule has 58 valence electrons. The van der Waals surface area contributed by atoms with Crippen molar-refractivity contribution in [2.75, 3.05) is 6.54 Å². The van der Waals surface area contributed by atoms with E-state index in [2.05, 4.69) is 5.32 Å². The maximum absolute atomic E-state index is 10.7. The Morgan fingerprint density at radius 2 is 2.50 bits per heavy atom. The smallest absolute Gasteiger partial charge is 0.221 e. The fourth-order valence-electron chi connectivity index (χ4n) is 1.34. The number of carbonyl (C=O) groups is 1. The average molecular weight is 142 g/mol. The van der Waals surface area contributed by atoms with Crippen LogP contribution in [-0.4, -0.2) is 18.5 Å². The summed E-state index contributed by atoms with van der Waals surface area (Å²) in [6, 6.07) is 0.331. The maximum Gasteiger partial charge on any atom is 0.221 e. The fourth-order valence-corrected chi connectivity index (χ4v) is 1.34. The van der Waals surface area contributed by atoms with Gasteiger partial charge in [-0.05, 0) is 19.4 Å². The monoisotopic (exact) mass is 142 g/mol. The molecule has 0 aromatic heterocycles. The highest BCUT2D eigenvalue weighted by molar-refractivity contribution is 5.77. The van der Waals surface area contributed by atoms with E-state index in [0.29, 0.717) is 6.04 Å². The van der Waals surface area contributed by atoms with Crippen molar-refractivity contribution in [1.29, 1.82) is 0 Å². The lowest BCUT2D eigenvalue weighted by molar-refractivity contribution is -0.122. The van der Waals surface area contributed by atoms with Gasteiger partial charge in [0, 0.05) is 6.04 Å². The van der Waals surface area contributed by atoms with Gasteiger partial charge in [0.15, 0.2) is 0 Å². The zero-order chi connectivity index (χ0) is 7.56. The molecule has 0 saturated carbocycles. The van der Waals surface area contributed by atoms with Gasteiger partial charge in [-0.1, -0.05) is 6.92 Å². The number of nitrogens with one attached hydrogen (secondary N) is 1. The van der Waals surface area contributed by atoms with Gasteiger partial charge in [0.1, 0.15) is 0 Å². The molecule has 3 heteroatoms. The van der Waals surface area contributed by atoms with Crippen LogP contribution >= 0.6 is 0 Å². The summed E-state index contributed by atoms with van der Waals surface area (Å²) >= 11 is 0. The Balaban J connectivity index is 2.39. The third-order valence-corrected chi connectivity index (χ3v) is 2.15. The molecule has 1 amide bonds. The highest BCUT2D eigenvalue weighted by Crippen LogP contribution is 2.13. The van der Waals surface area contributed by atoms with Crippen LogP contribution in [-0.2, 0) is 4.79 Å². The molecule has 0 aromatic rings. The van der Waals surface area contributed by atoms with Crippen molar-refractivity contribution in [3.05, 3.63) is 0 Å². The van der Waals surface area contributed by atoms with Crippen LogP contribution in [0.3, 0.4) is 0 Å². The van der Waals surface area contributed by atoms with Crippen LogP contribution in [0.1, 0.15) is 19.8 Å². The van der Waals surface area contributed by atoms with Crippen molar-refractivity contribution in [2.24, 2.45) is 11.7 Å². The highest BCUT2D eigenvalue weighted by atomic mass is 16.1. The average Bonchev–Trinajstić information content (AvgIpc) is 2.36. The van der Waals surface area contributed by atoms with Crippen LogP contribution in [0.15, 0.2) is 0 Å². The lowest BCUT2D eigenvalue weighted by Gasteiger charge is -2.14. The van der Waals surface area contributed by atoms with E-state index in [0.717, 1.165) is 13.0 Å². The molecule has 0 bridgehead atoms. The number of amides is 1. The minimum Gasteiger partial charge on any atom is -0.369 e. The molecular formula is C7H14N2O. The first kappa shape index (κ1) is 7.54. The molecule has 10 heavy (non-hydrogen) atoms. The summed E-state index contributed by atoms with van der Waals surface area (Å²) < 4.78 is 0. The summed E-state index contributed by atoms with van der Waals surface area (Å²) in [4.78, 5) is 10.7. The van der Waals surface area contributed by atoms with Gasteiger partial charge in [-0.3, -0.25) is 4.79 Å². The van der Waals surface area contributed by atoms with Crippen molar-refractivity contribution in [1.82, 2.24) is 5.32 Å². The number of nitrogens with two attached hydrogens (primary N) is 1. The molecule has 1 aliphatic heterocycles. The van der Waals surface area contributed by atoms with Gasteiger partial charge in [0.25, 0.3) is 0 Å². The zero-order valence-electron chi connectivity index (χ0n) is 6.26. The van der Waals surface area contributed by atoms with Crippen molar-refractivity contribution >= 4 is 5.91 Å². The summed E-state index contributed by atoms with van der Waals surface area (Å²) in [6.45, 7) is 2.91. The van der Waals surface area contributed by atoms with E-state index < -0.39 is 0 Å².